The molecule has 0 aliphatic heterocycles. The van der Waals surface area contributed by atoms with Crippen molar-refractivity contribution in [2.24, 2.45) is 0 Å². The predicted octanol–water partition coefficient (Wildman–Crippen LogP) is 3.07. The van der Waals surface area contributed by atoms with Crippen LogP contribution in [-0.2, 0) is 11.2 Å². The molecule has 0 unspecified atom stereocenters. The van der Waals surface area contributed by atoms with Crippen LogP contribution in [-0.4, -0.2) is 40.5 Å². The first-order valence-electron chi connectivity index (χ1n) is 8.62. The second kappa shape index (κ2) is 9.60. The number of phenolic OH excluding ortho intramolecular Hbond substituents is 1. The van der Waals surface area contributed by atoms with Gasteiger partial charge in [-0.25, -0.2) is 4.79 Å². The van der Waals surface area contributed by atoms with E-state index in [4.69, 9.17) is 21.4 Å². The second-order valence-corrected chi connectivity index (χ2v) is 6.83. The number of ether oxygens (including phenoxy) is 1. The van der Waals surface area contributed by atoms with Gasteiger partial charge in [-0.05, 0) is 67.8 Å². The van der Waals surface area contributed by atoms with Gasteiger partial charge in [0.15, 0.2) is 6.61 Å². The van der Waals surface area contributed by atoms with Gasteiger partial charge in [-0.15, -0.1) is 0 Å². The number of aliphatic hydroxyl groups is 1. The Morgan fingerprint density at radius 2 is 1.93 bits per heavy atom. The SMILES string of the molecule is Cc1cc(OCC(=O)O)c(Cl)cc1CCN[C@@H](C)[C@H](O)c1ccc(O)cc1. The summed E-state index contributed by atoms with van der Waals surface area (Å²) < 4.78 is 5.17. The molecule has 2 rings (SSSR count). The van der Waals surface area contributed by atoms with Gasteiger partial charge in [0.05, 0.1) is 11.1 Å². The Bertz CT molecular complexity index is 779. The number of carboxylic acids is 1. The van der Waals surface area contributed by atoms with Crippen molar-refractivity contribution in [1.29, 1.82) is 0 Å². The molecule has 146 valence electrons. The molecule has 0 fully saturated rings. The summed E-state index contributed by atoms with van der Waals surface area (Å²) in [7, 11) is 0. The Morgan fingerprint density at radius 3 is 2.56 bits per heavy atom. The molecular weight excluding hydrogens is 370 g/mol. The van der Waals surface area contributed by atoms with E-state index in [-0.39, 0.29) is 11.8 Å². The highest BCUT2D eigenvalue weighted by atomic mass is 35.5. The van der Waals surface area contributed by atoms with Gasteiger partial charge in [-0.1, -0.05) is 23.7 Å². The average Bonchev–Trinajstić information content (AvgIpc) is 2.62. The van der Waals surface area contributed by atoms with Crippen LogP contribution in [0.3, 0.4) is 0 Å². The van der Waals surface area contributed by atoms with E-state index in [0.29, 0.717) is 23.7 Å². The lowest BCUT2D eigenvalue weighted by Crippen LogP contribution is -2.33. The van der Waals surface area contributed by atoms with Gasteiger partial charge in [0.1, 0.15) is 11.5 Å². The van der Waals surface area contributed by atoms with Gasteiger partial charge in [-0.2, -0.15) is 0 Å². The number of aliphatic carboxylic acids is 1. The van der Waals surface area contributed by atoms with Crippen LogP contribution in [0.15, 0.2) is 36.4 Å². The number of hydrogen-bond acceptors (Lipinski definition) is 5. The Kier molecular flexibility index (Phi) is 7.47. The summed E-state index contributed by atoms with van der Waals surface area (Å²) in [4.78, 5) is 10.6. The minimum absolute atomic E-state index is 0.162. The van der Waals surface area contributed by atoms with E-state index in [9.17, 15) is 15.0 Å². The maximum absolute atomic E-state index is 10.6. The van der Waals surface area contributed by atoms with E-state index in [1.165, 1.54) is 0 Å². The van der Waals surface area contributed by atoms with Crippen molar-refractivity contribution in [3.8, 4) is 11.5 Å². The van der Waals surface area contributed by atoms with Crippen LogP contribution in [0, 0.1) is 6.92 Å². The molecule has 0 aliphatic carbocycles. The molecule has 7 heteroatoms. The second-order valence-electron chi connectivity index (χ2n) is 6.42. The number of carbonyl (C=O) groups is 1. The fourth-order valence-electron chi connectivity index (χ4n) is 2.72. The minimum Gasteiger partial charge on any atom is -0.508 e. The number of carboxylic acid groups (broad SMARTS) is 1. The summed E-state index contributed by atoms with van der Waals surface area (Å²) >= 11 is 6.17. The highest BCUT2D eigenvalue weighted by molar-refractivity contribution is 6.32. The third-order valence-corrected chi connectivity index (χ3v) is 4.61. The van der Waals surface area contributed by atoms with E-state index in [1.54, 1.807) is 36.4 Å². The van der Waals surface area contributed by atoms with E-state index in [2.05, 4.69) is 5.32 Å². The van der Waals surface area contributed by atoms with E-state index in [1.807, 2.05) is 13.8 Å². The van der Waals surface area contributed by atoms with E-state index in [0.717, 1.165) is 16.7 Å². The Hall–Kier alpha value is -2.28. The van der Waals surface area contributed by atoms with Crippen molar-refractivity contribution in [3.63, 3.8) is 0 Å². The smallest absolute Gasteiger partial charge is 0.341 e. The Balaban J connectivity index is 1.91. The summed E-state index contributed by atoms with van der Waals surface area (Å²) in [6.45, 7) is 3.99. The number of aryl methyl sites for hydroxylation is 1. The van der Waals surface area contributed by atoms with Crippen LogP contribution in [0.4, 0.5) is 0 Å². The molecule has 2 aromatic rings. The summed E-state index contributed by atoms with van der Waals surface area (Å²) in [5.41, 5.74) is 2.70. The molecule has 0 aromatic heterocycles. The number of aliphatic hydroxyl groups excluding tert-OH is 1. The van der Waals surface area contributed by atoms with Gasteiger partial charge >= 0.3 is 5.97 Å². The van der Waals surface area contributed by atoms with Crippen LogP contribution < -0.4 is 10.1 Å². The van der Waals surface area contributed by atoms with Crippen LogP contribution in [0.1, 0.15) is 29.7 Å². The summed E-state index contributed by atoms with van der Waals surface area (Å²) in [5, 5.41) is 32.1. The maximum Gasteiger partial charge on any atom is 0.341 e. The van der Waals surface area contributed by atoms with E-state index < -0.39 is 18.7 Å². The van der Waals surface area contributed by atoms with Gasteiger partial charge in [0.25, 0.3) is 0 Å². The maximum atomic E-state index is 10.6. The fraction of sp³-hybridized carbons (Fsp3) is 0.350. The first-order chi connectivity index (χ1) is 12.8. The van der Waals surface area contributed by atoms with Crippen molar-refractivity contribution < 1.29 is 24.9 Å². The van der Waals surface area contributed by atoms with E-state index >= 15 is 0 Å². The molecule has 0 heterocycles. The van der Waals surface area contributed by atoms with Gasteiger partial charge in [0.2, 0.25) is 0 Å². The number of phenols is 1. The average molecular weight is 394 g/mol. The molecule has 0 amide bonds. The van der Waals surface area contributed by atoms with Crippen LogP contribution in [0.2, 0.25) is 5.02 Å². The standard InChI is InChI=1S/C20H24ClNO5/c1-12-9-18(27-11-19(24)25)17(21)10-15(12)7-8-22-13(2)20(26)14-3-5-16(23)6-4-14/h3-6,9-10,13,20,22-23,26H,7-8,11H2,1-2H3,(H,24,25)/t13-,20-/m0/s1. The van der Waals surface area contributed by atoms with Crippen LogP contribution >= 0.6 is 11.6 Å². The molecule has 0 aliphatic rings. The number of aromatic hydroxyl groups is 1. The number of rotatable bonds is 9. The molecule has 4 N–H and O–H groups in total. The molecule has 0 saturated heterocycles. The number of halogens is 1. The van der Waals surface area contributed by atoms with Crippen molar-refractivity contribution >= 4 is 17.6 Å². The molecule has 27 heavy (non-hydrogen) atoms. The van der Waals surface area contributed by atoms with Crippen molar-refractivity contribution in [1.82, 2.24) is 5.32 Å². The summed E-state index contributed by atoms with van der Waals surface area (Å²) in [6.07, 6.45) is -0.000652. The van der Waals surface area contributed by atoms with Crippen molar-refractivity contribution in [3.05, 3.63) is 58.1 Å². The van der Waals surface area contributed by atoms with Crippen LogP contribution in [0.25, 0.3) is 0 Å². The lowest BCUT2D eigenvalue weighted by molar-refractivity contribution is -0.139. The molecule has 2 atom stereocenters. The van der Waals surface area contributed by atoms with Gasteiger partial charge in [-0.3, -0.25) is 0 Å². The zero-order chi connectivity index (χ0) is 20.0. The van der Waals surface area contributed by atoms with Crippen molar-refractivity contribution in [2.45, 2.75) is 32.4 Å². The fourth-order valence-corrected chi connectivity index (χ4v) is 2.96. The largest absolute Gasteiger partial charge is 0.508 e. The third-order valence-electron chi connectivity index (χ3n) is 4.31. The first-order valence-corrected chi connectivity index (χ1v) is 8.99. The predicted molar refractivity (Wildman–Crippen MR) is 104 cm³/mol. The van der Waals surface area contributed by atoms with Crippen molar-refractivity contribution in [2.75, 3.05) is 13.2 Å². The highest BCUT2D eigenvalue weighted by Gasteiger charge is 2.16. The lowest BCUT2D eigenvalue weighted by Gasteiger charge is -2.21. The lowest BCUT2D eigenvalue weighted by atomic mass is 10.0. The quantitative estimate of drug-likeness (QED) is 0.522. The third kappa shape index (κ3) is 6.13. The minimum atomic E-state index is -1.06. The first kappa shape index (κ1) is 21.0. The van der Waals surface area contributed by atoms with Gasteiger partial charge < -0.3 is 25.4 Å². The highest BCUT2D eigenvalue weighted by Crippen LogP contribution is 2.28. The topological polar surface area (TPSA) is 99.0 Å². The molecule has 0 saturated carbocycles. The number of nitrogens with one attached hydrogen (secondary N) is 1. The molecule has 0 radical (unpaired) electrons. The zero-order valence-electron chi connectivity index (χ0n) is 15.3. The molecule has 0 bridgehead atoms. The summed E-state index contributed by atoms with van der Waals surface area (Å²) in [5.74, 6) is -0.544. The number of hydrogen-bond donors (Lipinski definition) is 4. The molecule has 0 spiro atoms. The Morgan fingerprint density at radius 1 is 1.26 bits per heavy atom. The molecule has 2 aromatic carbocycles. The van der Waals surface area contributed by atoms with Crippen LogP contribution in [0.5, 0.6) is 11.5 Å². The normalized spacial score (nSPS) is 13.2. The Labute approximate surface area is 163 Å². The number of benzene rings is 2. The molecular formula is C20H24ClNO5. The monoisotopic (exact) mass is 393 g/mol. The molecule has 6 nitrogen and oxygen atoms in total. The zero-order valence-corrected chi connectivity index (χ0v) is 16.0. The summed E-state index contributed by atoms with van der Waals surface area (Å²) in [6, 6.07) is 9.81. The van der Waals surface area contributed by atoms with Gasteiger partial charge in [0, 0.05) is 6.04 Å².